The number of rotatable bonds is 4. The minimum atomic E-state index is -0.877. The van der Waals surface area contributed by atoms with Gasteiger partial charge in [0.15, 0.2) is 5.78 Å². The van der Waals surface area contributed by atoms with Gasteiger partial charge in [0.1, 0.15) is 5.82 Å². The lowest BCUT2D eigenvalue weighted by molar-refractivity contribution is -0.384. The van der Waals surface area contributed by atoms with Crippen molar-refractivity contribution >= 4 is 23.1 Å². The van der Waals surface area contributed by atoms with Crippen LogP contribution in [0.1, 0.15) is 35.8 Å². The summed E-state index contributed by atoms with van der Waals surface area (Å²) in [5, 5.41) is 25.1. The molecule has 9 heteroatoms. The molecule has 0 radical (unpaired) electrons. The van der Waals surface area contributed by atoms with Crippen LogP contribution < -0.4 is 5.73 Å². The van der Waals surface area contributed by atoms with Crippen molar-refractivity contribution < 1.29 is 9.72 Å². The molecule has 8 nitrogen and oxygen atoms in total. The van der Waals surface area contributed by atoms with Crippen LogP contribution in [0.15, 0.2) is 71.2 Å². The number of benzene rings is 2. The predicted molar refractivity (Wildman–Crippen MR) is 124 cm³/mol. The Morgan fingerprint density at radius 2 is 1.91 bits per heavy atom. The maximum atomic E-state index is 13.6. The molecule has 1 aliphatic carbocycles. The molecule has 0 saturated heterocycles. The lowest BCUT2D eigenvalue weighted by atomic mass is 9.72. The molecule has 2 unspecified atom stereocenters. The summed E-state index contributed by atoms with van der Waals surface area (Å²) in [5.74, 6) is -0.893. The van der Waals surface area contributed by atoms with E-state index in [0.717, 1.165) is 5.56 Å². The SMILES string of the molecule is CN(C)N1C(N)=C(C#N)C(c2cc([N+](=O)[O-])ccc2Cl)C2=C1CC(c1ccccc1)CC2=O. The summed E-state index contributed by atoms with van der Waals surface area (Å²) >= 11 is 6.45. The molecule has 0 amide bonds. The number of nitriles is 1. The third kappa shape index (κ3) is 3.86. The number of nitro groups is 1. The first-order valence-corrected chi connectivity index (χ1v) is 10.7. The molecule has 1 heterocycles. The summed E-state index contributed by atoms with van der Waals surface area (Å²) in [4.78, 5) is 24.5. The van der Waals surface area contributed by atoms with Crippen molar-refractivity contribution in [3.63, 3.8) is 0 Å². The number of nitro benzene ring substituents is 1. The number of carbonyl (C=O) groups excluding carboxylic acids is 1. The normalized spacial score (nSPS) is 20.7. The molecule has 0 bridgehead atoms. The maximum absolute atomic E-state index is 13.6. The number of hydrogen-bond acceptors (Lipinski definition) is 7. The molecule has 2 aromatic carbocycles. The zero-order valence-corrected chi connectivity index (χ0v) is 18.9. The van der Waals surface area contributed by atoms with E-state index < -0.39 is 10.8 Å². The lowest BCUT2D eigenvalue weighted by Crippen LogP contribution is -2.46. The molecule has 2 atom stereocenters. The van der Waals surface area contributed by atoms with Gasteiger partial charge in [0.2, 0.25) is 0 Å². The van der Waals surface area contributed by atoms with Crippen LogP contribution in [-0.4, -0.2) is 34.8 Å². The van der Waals surface area contributed by atoms with Crippen molar-refractivity contribution in [1.29, 1.82) is 5.26 Å². The van der Waals surface area contributed by atoms with E-state index in [0.29, 0.717) is 23.3 Å². The van der Waals surface area contributed by atoms with Crippen molar-refractivity contribution in [2.45, 2.75) is 24.7 Å². The molecule has 2 aromatic rings. The number of non-ortho nitro benzene ring substituents is 1. The van der Waals surface area contributed by atoms with Gasteiger partial charge in [-0.1, -0.05) is 41.9 Å². The highest BCUT2D eigenvalue weighted by Crippen LogP contribution is 2.49. The fraction of sp³-hybridized carbons (Fsp3) is 0.250. The average Bonchev–Trinajstić information content (AvgIpc) is 2.78. The third-order valence-electron chi connectivity index (χ3n) is 6.11. The van der Waals surface area contributed by atoms with E-state index in [4.69, 9.17) is 17.3 Å². The number of ketones is 1. The van der Waals surface area contributed by atoms with E-state index >= 15 is 0 Å². The number of allylic oxidation sites excluding steroid dienone is 3. The quantitative estimate of drug-likeness (QED) is 0.532. The second-order valence-corrected chi connectivity index (χ2v) is 8.67. The Balaban J connectivity index is 1.95. The van der Waals surface area contributed by atoms with Crippen molar-refractivity contribution in [3.05, 3.63) is 97.5 Å². The minimum absolute atomic E-state index is 0.0578. The summed E-state index contributed by atoms with van der Waals surface area (Å²) in [5.41, 5.74) is 8.87. The Kier molecular flexibility index (Phi) is 5.93. The summed E-state index contributed by atoms with van der Waals surface area (Å²) in [7, 11) is 3.56. The number of carbonyl (C=O) groups is 1. The molecule has 168 valence electrons. The van der Waals surface area contributed by atoms with E-state index in [9.17, 15) is 20.2 Å². The topological polar surface area (TPSA) is 116 Å². The van der Waals surface area contributed by atoms with E-state index in [2.05, 4.69) is 6.07 Å². The van der Waals surface area contributed by atoms with E-state index in [1.165, 1.54) is 18.2 Å². The van der Waals surface area contributed by atoms with Gasteiger partial charge >= 0.3 is 0 Å². The number of nitrogens with two attached hydrogens (primary N) is 1. The van der Waals surface area contributed by atoms with Crippen LogP contribution in [0.3, 0.4) is 0 Å². The largest absolute Gasteiger partial charge is 0.383 e. The molecule has 2 aliphatic rings. The number of hydrogen-bond donors (Lipinski definition) is 1. The van der Waals surface area contributed by atoms with Gasteiger partial charge in [-0.05, 0) is 29.5 Å². The number of halogens is 1. The van der Waals surface area contributed by atoms with E-state index in [1.54, 1.807) is 24.1 Å². The first-order chi connectivity index (χ1) is 15.7. The zero-order chi connectivity index (χ0) is 23.9. The van der Waals surface area contributed by atoms with E-state index in [1.807, 2.05) is 30.3 Å². The van der Waals surface area contributed by atoms with Crippen LogP contribution in [0.25, 0.3) is 0 Å². The molecule has 0 spiro atoms. The first kappa shape index (κ1) is 22.5. The minimum Gasteiger partial charge on any atom is -0.383 e. The summed E-state index contributed by atoms with van der Waals surface area (Å²) in [6.45, 7) is 0. The fourth-order valence-electron chi connectivity index (χ4n) is 4.71. The van der Waals surface area contributed by atoms with E-state index in [-0.39, 0.29) is 40.2 Å². The van der Waals surface area contributed by atoms with Crippen LogP contribution >= 0.6 is 11.6 Å². The summed E-state index contributed by atoms with van der Waals surface area (Å²) in [6.07, 6.45) is 0.775. The first-order valence-electron chi connectivity index (χ1n) is 10.4. The Morgan fingerprint density at radius 3 is 2.52 bits per heavy atom. The predicted octanol–water partition coefficient (Wildman–Crippen LogP) is 4.22. The van der Waals surface area contributed by atoms with Crippen LogP contribution in [0.2, 0.25) is 5.02 Å². The van der Waals surface area contributed by atoms with Gasteiger partial charge in [0.25, 0.3) is 5.69 Å². The maximum Gasteiger partial charge on any atom is 0.269 e. The van der Waals surface area contributed by atoms with Crippen LogP contribution in [-0.2, 0) is 4.79 Å². The number of nitrogens with zero attached hydrogens (tertiary/aromatic N) is 4. The van der Waals surface area contributed by atoms with Gasteiger partial charge in [-0.3, -0.25) is 19.9 Å². The average molecular weight is 464 g/mol. The second-order valence-electron chi connectivity index (χ2n) is 8.27. The van der Waals surface area contributed by atoms with Gasteiger partial charge in [-0.15, -0.1) is 0 Å². The molecular formula is C24H22ClN5O3. The number of hydrazine groups is 1. The Morgan fingerprint density at radius 1 is 1.21 bits per heavy atom. The van der Waals surface area contributed by atoms with Gasteiger partial charge in [0.05, 0.1) is 22.5 Å². The van der Waals surface area contributed by atoms with Gasteiger partial charge in [-0.25, -0.2) is 5.01 Å². The van der Waals surface area contributed by atoms with Gasteiger partial charge in [0, 0.05) is 48.9 Å². The number of Topliss-reactive ketones (excluding diaryl/α,β-unsaturated/α-hetero) is 1. The molecular weight excluding hydrogens is 442 g/mol. The highest BCUT2D eigenvalue weighted by molar-refractivity contribution is 6.31. The van der Waals surface area contributed by atoms with Crippen LogP contribution in [0, 0.1) is 21.4 Å². The van der Waals surface area contributed by atoms with Crippen molar-refractivity contribution in [3.8, 4) is 6.07 Å². The third-order valence-corrected chi connectivity index (χ3v) is 6.46. The summed E-state index contributed by atoms with van der Waals surface area (Å²) < 4.78 is 0. The van der Waals surface area contributed by atoms with Crippen molar-refractivity contribution in [2.24, 2.45) is 5.73 Å². The molecule has 1 aliphatic heterocycles. The van der Waals surface area contributed by atoms with Gasteiger partial charge < -0.3 is 5.73 Å². The highest BCUT2D eigenvalue weighted by atomic mass is 35.5. The summed E-state index contributed by atoms with van der Waals surface area (Å²) in [6, 6.07) is 15.9. The fourth-order valence-corrected chi connectivity index (χ4v) is 4.93. The van der Waals surface area contributed by atoms with Crippen molar-refractivity contribution in [2.75, 3.05) is 14.1 Å². The standard InChI is InChI=1S/C24H22ClN5O3/c1-28(2)29-20-10-15(14-6-4-3-5-7-14)11-21(31)23(20)22(18(13-26)24(29)27)17-12-16(30(32)33)8-9-19(17)25/h3-9,12,15,22H,10-11,27H2,1-2H3. The monoisotopic (exact) mass is 463 g/mol. The lowest BCUT2D eigenvalue weighted by Gasteiger charge is -2.44. The van der Waals surface area contributed by atoms with Crippen LogP contribution in [0.4, 0.5) is 5.69 Å². The molecule has 0 fully saturated rings. The molecule has 0 saturated carbocycles. The smallest absolute Gasteiger partial charge is 0.269 e. The van der Waals surface area contributed by atoms with Crippen molar-refractivity contribution in [1.82, 2.24) is 10.0 Å². The highest BCUT2D eigenvalue weighted by Gasteiger charge is 2.44. The van der Waals surface area contributed by atoms with Crippen LogP contribution in [0.5, 0.6) is 0 Å². The molecule has 0 aromatic heterocycles. The van der Waals surface area contributed by atoms with Gasteiger partial charge in [-0.2, -0.15) is 5.26 Å². The molecule has 4 rings (SSSR count). The molecule has 2 N–H and O–H groups in total. The Hall–Kier alpha value is -3.67. The second kappa shape index (κ2) is 8.70. The molecule has 33 heavy (non-hydrogen) atoms. The Labute approximate surface area is 196 Å². The zero-order valence-electron chi connectivity index (χ0n) is 18.2. The Bertz CT molecular complexity index is 1250.